The summed E-state index contributed by atoms with van der Waals surface area (Å²) in [6, 6.07) is 0. The molecule has 4 rings (SSSR count). The summed E-state index contributed by atoms with van der Waals surface area (Å²) in [4.78, 5) is 12.2. The molecule has 0 aromatic carbocycles. The number of rotatable bonds is 1. The predicted octanol–water partition coefficient (Wildman–Crippen LogP) is 6.96. The number of fused-ring (bicyclic) bond motifs is 5. The van der Waals surface area contributed by atoms with Crippen LogP contribution in [0.3, 0.4) is 0 Å². The largest absolute Gasteiger partial charge is 0.393 e. The van der Waals surface area contributed by atoms with Crippen LogP contribution in [0.1, 0.15) is 106 Å². The molecule has 2 nitrogen and oxygen atoms in total. The van der Waals surface area contributed by atoms with E-state index in [1.165, 1.54) is 32.1 Å². The van der Waals surface area contributed by atoms with E-state index in [1.807, 2.05) is 20.8 Å². The van der Waals surface area contributed by atoms with Gasteiger partial charge in [-0.25, -0.2) is 0 Å². The van der Waals surface area contributed by atoms with Gasteiger partial charge in [0.15, 0.2) is 0 Å². The Morgan fingerprint density at radius 1 is 1.07 bits per heavy atom. The lowest BCUT2D eigenvalue weighted by molar-refractivity contribution is -0.127. The van der Waals surface area contributed by atoms with Crippen molar-refractivity contribution in [2.45, 2.75) is 112 Å². The second-order valence-electron chi connectivity index (χ2n) is 10.1. The van der Waals surface area contributed by atoms with Crippen LogP contribution in [0.4, 0.5) is 0 Å². The fraction of sp³-hybridized carbons (Fsp3) is 0.885. The second kappa shape index (κ2) is 9.45. The molecule has 3 fully saturated rings. The number of aliphatic hydroxyl groups is 1. The van der Waals surface area contributed by atoms with Crippen molar-refractivity contribution in [2.24, 2.45) is 34.5 Å². The molecule has 28 heavy (non-hydrogen) atoms. The molecule has 162 valence electrons. The van der Waals surface area contributed by atoms with Crippen LogP contribution in [0.2, 0.25) is 0 Å². The van der Waals surface area contributed by atoms with Gasteiger partial charge in [0, 0.05) is 5.92 Å². The SMILES string of the molecule is CC.CC(=O)C1CCC2C3CC=C4CC(O)CCC4(C)C3CCC12C.CCC. The van der Waals surface area contributed by atoms with Crippen LogP contribution in [-0.2, 0) is 4.79 Å². The highest BCUT2D eigenvalue weighted by molar-refractivity contribution is 5.79. The van der Waals surface area contributed by atoms with Crippen LogP contribution >= 0.6 is 0 Å². The van der Waals surface area contributed by atoms with E-state index in [-0.39, 0.29) is 11.5 Å². The molecular weight excluding hydrogens is 344 g/mol. The molecule has 0 bridgehead atoms. The highest BCUT2D eigenvalue weighted by atomic mass is 16.3. The minimum Gasteiger partial charge on any atom is -0.393 e. The number of carbonyl (C=O) groups is 1. The first-order chi connectivity index (χ1) is 13.3. The molecule has 0 saturated heterocycles. The van der Waals surface area contributed by atoms with Crippen LogP contribution in [0, 0.1) is 34.5 Å². The lowest BCUT2D eigenvalue weighted by atomic mass is 9.47. The molecule has 0 radical (unpaired) electrons. The molecule has 0 amide bonds. The van der Waals surface area contributed by atoms with Crippen molar-refractivity contribution < 1.29 is 9.90 Å². The van der Waals surface area contributed by atoms with Crippen molar-refractivity contribution in [2.75, 3.05) is 0 Å². The summed E-state index contributed by atoms with van der Waals surface area (Å²) >= 11 is 0. The minimum atomic E-state index is -0.117. The smallest absolute Gasteiger partial charge is 0.133 e. The molecule has 7 unspecified atom stereocenters. The maximum absolute atomic E-state index is 12.2. The number of carbonyl (C=O) groups excluding carboxylic acids is 1. The monoisotopic (exact) mass is 390 g/mol. The van der Waals surface area contributed by atoms with Gasteiger partial charge in [-0.2, -0.15) is 0 Å². The van der Waals surface area contributed by atoms with Gasteiger partial charge >= 0.3 is 0 Å². The molecule has 4 aliphatic rings. The molecule has 2 heteroatoms. The van der Waals surface area contributed by atoms with Gasteiger partial charge in [0.1, 0.15) is 5.78 Å². The molecule has 0 aromatic rings. The average Bonchev–Trinajstić information content (AvgIpc) is 3.02. The van der Waals surface area contributed by atoms with Crippen molar-refractivity contribution in [1.82, 2.24) is 0 Å². The molecule has 0 heterocycles. The molecule has 1 N–H and O–H groups in total. The number of aliphatic hydroxyl groups excluding tert-OH is 1. The number of allylic oxidation sites excluding steroid dienone is 1. The Morgan fingerprint density at radius 2 is 1.71 bits per heavy atom. The van der Waals surface area contributed by atoms with Gasteiger partial charge < -0.3 is 5.11 Å². The molecular formula is C26H46O2. The van der Waals surface area contributed by atoms with Gasteiger partial charge in [0.05, 0.1) is 6.10 Å². The third-order valence-corrected chi connectivity index (χ3v) is 8.57. The van der Waals surface area contributed by atoms with Crippen LogP contribution in [0.15, 0.2) is 11.6 Å². The van der Waals surface area contributed by atoms with E-state index in [2.05, 4.69) is 33.8 Å². The summed E-state index contributed by atoms with van der Waals surface area (Å²) in [7, 11) is 0. The topological polar surface area (TPSA) is 37.3 Å². The number of ketones is 1. The van der Waals surface area contributed by atoms with Crippen molar-refractivity contribution in [1.29, 1.82) is 0 Å². The number of hydrogen-bond donors (Lipinski definition) is 1. The van der Waals surface area contributed by atoms with Gasteiger partial charge in [-0.3, -0.25) is 4.79 Å². The summed E-state index contributed by atoms with van der Waals surface area (Å²) < 4.78 is 0. The third kappa shape index (κ3) is 4.00. The van der Waals surface area contributed by atoms with Crippen molar-refractivity contribution in [3.63, 3.8) is 0 Å². The Labute approximate surface area is 174 Å². The minimum absolute atomic E-state index is 0.117. The van der Waals surface area contributed by atoms with Gasteiger partial charge in [0.25, 0.3) is 0 Å². The maximum atomic E-state index is 12.2. The molecule has 7 atom stereocenters. The highest BCUT2D eigenvalue weighted by Gasteiger charge is 2.59. The molecule has 0 aliphatic heterocycles. The lowest BCUT2D eigenvalue weighted by Gasteiger charge is -2.57. The van der Waals surface area contributed by atoms with Crippen molar-refractivity contribution >= 4 is 5.78 Å². The Balaban J connectivity index is 0.000000514. The zero-order chi connectivity index (χ0) is 21.1. The van der Waals surface area contributed by atoms with E-state index in [0.717, 1.165) is 43.4 Å². The van der Waals surface area contributed by atoms with Gasteiger partial charge in [-0.05, 0) is 86.9 Å². The fourth-order valence-electron chi connectivity index (χ4n) is 7.31. The van der Waals surface area contributed by atoms with Gasteiger partial charge in [0.2, 0.25) is 0 Å². The van der Waals surface area contributed by atoms with Crippen LogP contribution in [-0.4, -0.2) is 17.0 Å². The van der Waals surface area contributed by atoms with Crippen LogP contribution in [0.25, 0.3) is 0 Å². The van der Waals surface area contributed by atoms with E-state index in [0.29, 0.717) is 17.1 Å². The summed E-state index contributed by atoms with van der Waals surface area (Å²) in [5, 5.41) is 10.1. The first-order valence-corrected chi connectivity index (χ1v) is 12.2. The number of Topliss-reactive ketones (excluding diaryl/α,β-unsaturated/α-hetero) is 1. The standard InChI is InChI=1S/C21H32O2.C3H8.C2H6/c1-13(22)17-6-7-18-16-5-4-14-12-15(23)8-10-20(14,2)19(16)9-11-21(17,18)3;1-3-2;1-2/h4,15-19,23H,5-12H2,1-3H3;3H2,1-2H3;1-2H3. The summed E-state index contributed by atoms with van der Waals surface area (Å²) in [5.41, 5.74) is 2.11. The second-order valence-corrected chi connectivity index (χ2v) is 10.1. The van der Waals surface area contributed by atoms with E-state index >= 15 is 0 Å². The van der Waals surface area contributed by atoms with E-state index in [4.69, 9.17) is 0 Å². The normalized spacial score (nSPS) is 43.7. The Bertz CT molecular complexity index is 565. The first kappa shape index (κ1) is 23.6. The van der Waals surface area contributed by atoms with Crippen molar-refractivity contribution in [3.8, 4) is 0 Å². The zero-order valence-corrected chi connectivity index (χ0v) is 19.7. The Kier molecular flexibility index (Phi) is 7.98. The predicted molar refractivity (Wildman–Crippen MR) is 119 cm³/mol. The molecule has 0 spiro atoms. The van der Waals surface area contributed by atoms with Crippen LogP contribution < -0.4 is 0 Å². The summed E-state index contributed by atoms with van der Waals surface area (Å²) in [6.45, 7) is 15.0. The van der Waals surface area contributed by atoms with Crippen LogP contribution in [0.5, 0.6) is 0 Å². The van der Waals surface area contributed by atoms with Crippen molar-refractivity contribution in [3.05, 3.63) is 11.6 Å². The maximum Gasteiger partial charge on any atom is 0.133 e. The average molecular weight is 391 g/mol. The highest BCUT2D eigenvalue weighted by Crippen LogP contribution is 2.66. The third-order valence-electron chi connectivity index (χ3n) is 8.57. The first-order valence-electron chi connectivity index (χ1n) is 12.2. The summed E-state index contributed by atoms with van der Waals surface area (Å²) in [5.74, 6) is 3.00. The van der Waals surface area contributed by atoms with Gasteiger partial charge in [-0.15, -0.1) is 0 Å². The number of hydrogen-bond acceptors (Lipinski definition) is 2. The molecule has 4 aliphatic carbocycles. The molecule has 3 saturated carbocycles. The van der Waals surface area contributed by atoms with E-state index < -0.39 is 0 Å². The van der Waals surface area contributed by atoms with E-state index in [9.17, 15) is 9.90 Å². The van der Waals surface area contributed by atoms with Gasteiger partial charge in [-0.1, -0.05) is 59.6 Å². The quantitative estimate of drug-likeness (QED) is 0.491. The fourth-order valence-corrected chi connectivity index (χ4v) is 7.31. The lowest BCUT2D eigenvalue weighted by Crippen LogP contribution is -2.50. The zero-order valence-electron chi connectivity index (χ0n) is 19.7. The van der Waals surface area contributed by atoms with E-state index in [1.54, 1.807) is 5.57 Å². The summed E-state index contributed by atoms with van der Waals surface area (Å²) in [6.07, 6.45) is 12.7. The Hall–Kier alpha value is -0.630. The Morgan fingerprint density at radius 3 is 2.32 bits per heavy atom. The molecule has 0 aromatic heterocycles.